The lowest BCUT2D eigenvalue weighted by Gasteiger charge is -2.34. The number of carbonyl (C=O) groups excluding carboxylic acids is 1. The molecule has 0 saturated carbocycles. The third-order valence-corrected chi connectivity index (χ3v) is 5.46. The van der Waals surface area contributed by atoms with Crippen LogP contribution in [0.4, 0.5) is 10.5 Å². The van der Waals surface area contributed by atoms with Gasteiger partial charge in [0.15, 0.2) is 0 Å². The number of carbonyl (C=O) groups is 1. The van der Waals surface area contributed by atoms with Crippen LogP contribution in [0.3, 0.4) is 0 Å². The van der Waals surface area contributed by atoms with Gasteiger partial charge in [-0.2, -0.15) is 0 Å². The first-order valence-corrected chi connectivity index (χ1v) is 8.98. The molecule has 1 aromatic rings. The first-order chi connectivity index (χ1) is 11.1. The first kappa shape index (κ1) is 16.3. The molecule has 2 aliphatic rings. The van der Waals surface area contributed by atoms with Gasteiger partial charge >= 0.3 is 6.03 Å². The highest BCUT2D eigenvalue weighted by atomic mass is 16.2. The summed E-state index contributed by atoms with van der Waals surface area (Å²) < 4.78 is 0. The quantitative estimate of drug-likeness (QED) is 0.924. The van der Waals surface area contributed by atoms with Crippen LogP contribution in [0.15, 0.2) is 18.2 Å². The van der Waals surface area contributed by atoms with Gasteiger partial charge in [-0.25, -0.2) is 4.79 Å². The number of rotatable bonds is 3. The van der Waals surface area contributed by atoms with Crippen LogP contribution in [0.2, 0.25) is 0 Å². The zero-order valence-electron chi connectivity index (χ0n) is 14.5. The molecule has 2 heterocycles. The van der Waals surface area contributed by atoms with Crippen LogP contribution in [0.5, 0.6) is 0 Å². The van der Waals surface area contributed by atoms with Crippen molar-refractivity contribution in [3.8, 4) is 0 Å². The summed E-state index contributed by atoms with van der Waals surface area (Å²) in [6.45, 7) is 9.68. The number of likely N-dealkylation sites (tertiary alicyclic amines) is 2. The van der Waals surface area contributed by atoms with Gasteiger partial charge in [0.1, 0.15) is 0 Å². The number of urea groups is 1. The monoisotopic (exact) mass is 315 g/mol. The lowest BCUT2D eigenvalue weighted by molar-refractivity contribution is 0.163. The molecule has 0 radical (unpaired) electrons. The molecule has 2 aliphatic heterocycles. The Morgan fingerprint density at radius 2 is 1.83 bits per heavy atom. The number of aryl methyl sites for hydroxylation is 1. The zero-order chi connectivity index (χ0) is 16.2. The fourth-order valence-electron chi connectivity index (χ4n) is 3.73. The zero-order valence-corrected chi connectivity index (χ0v) is 14.5. The molecule has 4 nitrogen and oxygen atoms in total. The van der Waals surface area contributed by atoms with Crippen molar-refractivity contribution in [2.24, 2.45) is 5.92 Å². The summed E-state index contributed by atoms with van der Waals surface area (Å²) in [6.07, 6.45) is 4.99. The third-order valence-electron chi connectivity index (χ3n) is 5.46. The smallest absolute Gasteiger partial charge is 0.321 e. The predicted octanol–water partition coefficient (Wildman–Crippen LogP) is 3.64. The lowest BCUT2D eigenvalue weighted by Crippen LogP contribution is -2.43. The van der Waals surface area contributed by atoms with Gasteiger partial charge in [-0.15, -0.1) is 0 Å². The number of nitrogens with one attached hydrogen (secondary N) is 1. The van der Waals surface area contributed by atoms with E-state index in [1.54, 1.807) is 0 Å². The number of nitrogens with zero attached hydrogens (tertiary/aromatic N) is 2. The number of piperidine rings is 1. The van der Waals surface area contributed by atoms with Crippen LogP contribution in [0, 0.1) is 19.8 Å². The van der Waals surface area contributed by atoms with E-state index >= 15 is 0 Å². The minimum absolute atomic E-state index is 0.0540. The number of benzene rings is 1. The van der Waals surface area contributed by atoms with Gasteiger partial charge in [0.2, 0.25) is 0 Å². The van der Waals surface area contributed by atoms with Gasteiger partial charge in [0.25, 0.3) is 0 Å². The van der Waals surface area contributed by atoms with Gasteiger partial charge in [-0.3, -0.25) is 0 Å². The van der Waals surface area contributed by atoms with Crippen molar-refractivity contribution in [2.45, 2.75) is 39.5 Å². The van der Waals surface area contributed by atoms with Gasteiger partial charge in [0, 0.05) is 25.3 Å². The highest BCUT2D eigenvalue weighted by Gasteiger charge is 2.25. The molecular weight excluding hydrogens is 286 g/mol. The van der Waals surface area contributed by atoms with Crippen molar-refractivity contribution in [2.75, 3.05) is 38.0 Å². The molecule has 23 heavy (non-hydrogen) atoms. The van der Waals surface area contributed by atoms with E-state index < -0.39 is 0 Å². The molecule has 2 amide bonds. The largest absolute Gasteiger partial charge is 0.325 e. The fourth-order valence-corrected chi connectivity index (χ4v) is 3.73. The maximum atomic E-state index is 12.5. The molecule has 1 N–H and O–H groups in total. The summed E-state index contributed by atoms with van der Waals surface area (Å²) in [7, 11) is 0. The van der Waals surface area contributed by atoms with Gasteiger partial charge in [0.05, 0.1) is 0 Å². The molecule has 0 aromatic heterocycles. The second-order valence-corrected chi connectivity index (χ2v) is 7.12. The third kappa shape index (κ3) is 4.05. The summed E-state index contributed by atoms with van der Waals surface area (Å²) >= 11 is 0. The van der Waals surface area contributed by atoms with Crippen LogP contribution in [-0.2, 0) is 0 Å². The maximum Gasteiger partial charge on any atom is 0.321 e. The van der Waals surface area contributed by atoms with Crippen molar-refractivity contribution >= 4 is 11.7 Å². The van der Waals surface area contributed by atoms with Crippen LogP contribution < -0.4 is 5.32 Å². The topological polar surface area (TPSA) is 35.6 Å². The standard InChI is InChI=1S/C19H29N3O/c1-15-6-5-7-18(16(15)2)20-19(23)22-12-8-17(9-13-22)14-21-10-3-4-11-21/h5-7,17H,3-4,8-14H2,1-2H3,(H,20,23). The molecular formula is C19H29N3O. The number of hydrogen-bond acceptors (Lipinski definition) is 2. The summed E-state index contributed by atoms with van der Waals surface area (Å²) in [4.78, 5) is 17.1. The summed E-state index contributed by atoms with van der Waals surface area (Å²) in [5.41, 5.74) is 3.31. The van der Waals surface area contributed by atoms with Crippen molar-refractivity contribution in [3.05, 3.63) is 29.3 Å². The van der Waals surface area contributed by atoms with Crippen molar-refractivity contribution in [3.63, 3.8) is 0 Å². The van der Waals surface area contributed by atoms with E-state index in [1.807, 2.05) is 17.0 Å². The van der Waals surface area contributed by atoms with E-state index in [9.17, 15) is 4.79 Å². The number of hydrogen-bond donors (Lipinski definition) is 1. The van der Waals surface area contributed by atoms with Crippen LogP contribution >= 0.6 is 0 Å². The second-order valence-electron chi connectivity index (χ2n) is 7.12. The average Bonchev–Trinajstić information content (AvgIpc) is 3.05. The molecule has 0 bridgehead atoms. The van der Waals surface area contributed by atoms with E-state index in [4.69, 9.17) is 0 Å². The Balaban J connectivity index is 1.49. The summed E-state index contributed by atoms with van der Waals surface area (Å²) in [5, 5.41) is 3.09. The van der Waals surface area contributed by atoms with E-state index in [1.165, 1.54) is 38.0 Å². The highest BCUT2D eigenvalue weighted by molar-refractivity contribution is 5.90. The Hall–Kier alpha value is -1.55. The molecule has 0 unspecified atom stereocenters. The minimum atomic E-state index is 0.0540. The minimum Gasteiger partial charge on any atom is -0.325 e. The first-order valence-electron chi connectivity index (χ1n) is 8.98. The second kappa shape index (κ2) is 7.35. The van der Waals surface area contributed by atoms with Crippen molar-refractivity contribution in [1.29, 1.82) is 0 Å². The number of amides is 2. The molecule has 4 heteroatoms. The van der Waals surface area contributed by atoms with Crippen molar-refractivity contribution in [1.82, 2.24) is 9.80 Å². The number of anilines is 1. The Labute approximate surface area is 139 Å². The fraction of sp³-hybridized carbons (Fsp3) is 0.632. The summed E-state index contributed by atoms with van der Waals surface area (Å²) in [5.74, 6) is 0.762. The lowest BCUT2D eigenvalue weighted by atomic mass is 9.96. The molecule has 0 aliphatic carbocycles. The maximum absolute atomic E-state index is 12.5. The van der Waals surface area contributed by atoms with E-state index in [0.29, 0.717) is 0 Å². The Morgan fingerprint density at radius 3 is 2.52 bits per heavy atom. The predicted molar refractivity (Wildman–Crippen MR) is 94.9 cm³/mol. The Morgan fingerprint density at radius 1 is 1.13 bits per heavy atom. The highest BCUT2D eigenvalue weighted by Crippen LogP contribution is 2.22. The van der Waals surface area contributed by atoms with E-state index in [2.05, 4.69) is 30.1 Å². The Kier molecular flexibility index (Phi) is 5.21. The van der Waals surface area contributed by atoms with Crippen molar-refractivity contribution < 1.29 is 4.79 Å². The van der Waals surface area contributed by atoms with E-state index in [0.717, 1.165) is 43.1 Å². The molecule has 1 aromatic carbocycles. The Bertz CT molecular complexity index is 544. The molecule has 0 atom stereocenters. The molecule has 126 valence electrons. The molecule has 0 spiro atoms. The molecule has 2 fully saturated rings. The molecule has 2 saturated heterocycles. The van der Waals surface area contributed by atoms with Crippen LogP contribution in [-0.4, -0.2) is 48.6 Å². The SMILES string of the molecule is Cc1cccc(NC(=O)N2CCC(CN3CCCC3)CC2)c1C. The van der Waals surface area contributed by atoms with Gasteiger partial charge < -0.3 is 15.1 Å². The molecule has 3 rings (SSSR count). The van der Waals surface area contributed by atoms with Crippen LogP contribution in [0.25, 0.3) is 0 Å². The summed E-state index contributed by atoms with van der Waals surface area (Å²) in [6, 6.07) is 6.12. The normalized spacial score (nSPS) is 20.0. The van der Waals surface area contributed by atoms with Crippen LogP contribution in [0.1, 0.15) is 36.8 Å². The van der Waals surface area contributed by atoms with Gasteiger partial charge in [-0.05, 0) is 75.7 Å². The van der Waals surface area contributed by atoms with Gasteiger partial charge in [-0.1, -0.05) is 12.1 Å². The van der Waals surface area contributed by atoms with E-state index in [-0.39, 0.29) is 6.03 Å². The average molecular weight is 315 g/mol.